The number of nitrogens with zero attached hydrogens (tertiary/aromatic N) is 1. The number of hydrogen-bond acceptors (Lipinski definition) is 3. The Morgan fingerprint density at radius 2 is 2.11 bits per heavy atom. The molecule has 1 aromatic rings. The van der Waals surface area contributed by atoms with Crippen molar-refractivity contribution in [1.82, 2.24) is 4.90 Å². The van der Waals surface area contributed by atoms with Gasteiger partial charge in [0.25, 0.3) is 0 Å². The maximum atomic E-state index is 11.8. The van der Waals surface area contributed by atoms with Crippen molar-refractivity contribution in [2.75, 3.05) is 6.54 Å². The van der Waals surface area contributed by atoms with Gasteiger partial charge in [0.05, 0.1) is 0 Å². The SMILES string of the molecule is Cc1ccc(C[C@@H](C(=O)O)N2CC(N)CC2=O)cc1. The molecule has 19 heavy (non-hydrogen) atoms. The average molecular weight is 262 g/mol. The molecule has 1 heterocycles. The van der Waals surface area contributed by atoms with E-state index in [2.05, 4.69) is 0 Å². The highest BCUT2D eigenvalue weighted by Gasteiger charge is 2.36. The van der Waals surface area contributed by atoms with Gasteiger partial charge in [0.1, 0.15) is 6.04 Å². The summed E-state index contributed by atoms with van der Waals surface area (Å²) >= 11 is 0. The van der Waals surface area contributed by atoms with Crippen LogP contribution in [0.3, 0.4) is 0 Å². The Kier molecular flexibility index (Phi) is 3.85. The molecule has 1 amide bonds. The van der Waals surface area contributed by atoms with Gasteiger partial charge in [-0.2, -0.15) is 0 Å². The van der Waals surface area contributed by atoms with Gasteiger partial charge in [0, 0.05) is 25.4 Å². The molecular formula is C14H18N2O3. The Morgan fingerprint density at radius 3 is 2.58 bits per heavy atom. The predicted octanol–water partition coefficient (Wildman–Crippen LogP) is 0.550. The molecule has 0 saturated carbocycles. The number of hydrogen-bond donors (Lipinski definition) is 2. The number of amides is 1. The largest absolute Gasteiger partial charge is 0.480 e. The zero-order valence-corrected chi connectivity index (χ0v) is 10.9. The minimum absolute atomic E-state index is 0.174. The van der Waals surface area contributed by atoms with Crippen LogP contribution < -0.4 is 5.73 Å². The monoisotopic (exact) mass is 262 g/mol. The van der Waals surface area contributed by atoms with Crippen LogP contribution >= 0.6 is 0 Å². The third-order valence-corrected chi connectivity index (χ3v) is 3.40. The zero-order chi connectivity index (χ0) is 14.0. The van der Waals surface area contributed by atoms with Crippen LogP contribution in [0.1, 0.15) is 17.5 Å². The van der Waals surface area contributed by atoms with Gasteiger partial charge in [-0.15, -0.1) is 0 Å². The van der Waals surface area contributed by atoms with E-state index in [4.69, 9.17) is 5.73 Å². The van der Waals surface area contributed by atoms with Gasteiger partial charge < -0.3 is 15.7 Å². The number of nitrogens with two attached hydrogens (primary N) is 1. The van der Waals surface area contributed by atoms with E-state index in [0.29, 0.717) is 13.0 Å². The minimum Gasteiger partial charge on any atom is -0.480 e. The lowest BCUT2D eigenvalue weighted by molar-refractivity contribution is -0.148. The Bertz CT molecular complexity index is 484. The van der Waals surface area contributed by atoms with Gasteiger partial charge in [-0.3, -0.25) is 4.79 Å². The number of carboxylic acids is 1. The van der Waals surface area contributed by atoms with Gasteiger partial charge in [0.15, 0.2) is 0 Å². The molecular weight excluding hydrogens is 244 g/mol. The van der Waals surface area contributed by atoms with Crippen LogP contribution in [0.4, 0.5) is 0 Å². The summed E-state index contributed by atoms with van der Waals surface area (Å²) in [5, 5.41) is 9.32. The van der Waals surface area contributed by atoms with Crippen LogP contribution in [0.5, 0.6) is 0 Å². The summed E-state index contributed by atoms with van der Waals surface area (Å²) in [6.45, 7) is 2.29. The molecule has 0 spiro atoms. The number of carbonyl (C=O) groups excluding carboxylic acids is 1. The van der Waals surface area contributed by atoms with E-state index in [0.717, 1.165) is 11.1 Å². The second kappa shape index (κ2) is 5.40. The molecule has 1 aliphatic heterocycles. The van der Waals surface area contributed by atoms with E-state index >= 15 is 0 Å². The smallest absolute Gasteiger partial charge is 0.326 e. The van der Waals surface area contributed by atoms with E-state index in [9.17, 15) is 14.7 Å². The summed E-state index contributed by atoms with van der Waals surface area (Å²) in [4.78, 5) is 24.5. The molecule has 1 aromatic carbocycles. The van der Waals surface area contributed by atoms with Crippen molar-refractivity contribution in [3.63, 3.8) is 0 Å². The Labute approximate surface area is 112 Å². The first kappa shape index (κ1) is 13.5. The topological polar surface area (TPSA) is 83.6 Å². The average Bonchev–Trinajstić information content (AvgIpc) is 2.67. The maximum Gasteiger partial charge on any atom is 0.326 e. The standard InChI is InChI=1S/C14H18N2O3/c1-9-2-4-10(5-3-9)6-12(14(18)19)16-8-11(15)7-13(16)17/h2-5,11-12H,6-8,15H2,1H3,(H,18,19)/t11?,12-/m0/s1. The van der Waals surface area contributed by atoms with Crippen molar-refractivity contribution in [3.05, 3.63) is 35.4 Å². The molecule has 1 fully saturated rings. The van der Waals surface area contributed by atoms with Crippen molar-refractivity contribution in [3.8, 4) is 0 Å². The molecule has 1 saturated heterocycles. The predicted molar refractivity (Wildman–Crippen MR) is 70.6 cm³/mol. The fourth-order valence-corrected chi connectivity index (χ4v) is 2.34. The second-order valence-corrected chi connectivity index (χ2v) is 5.05. The molecule has 0 radical (unpaired) electrons. The first-order valence-electron chi connectivity index (χ1n) is 6.31. The van der Waals surface area contributed by atoms with E-state index in [1.807, 2.05) is 31.2 Å². The van der Waals surface area contributed by atoms with Gasteiger partial charge >= 0.3 is 5.97 Å². The normalized spacial score (nSPS) is 20.6. The van der Waals surface area contributed by atoms with Crippen LogP contribution in [-0.2, 0) is 16.0 Å². The lowest BCUT2D eigenvalue weighted by Crippen LogP contribution is -2.44. The highest BCUT2D eigenvalue weighted by molar-refractivity contribution is 5.85. The lowest BCUT2D eigenvalue weighted by atomic mass is 10.0. The second-order valence-electron chi connectivity index (χ2n) is 5.05. The fraction of sp³-hybridized carbons (Fsp3) is 0.429. The molecule has 1 aliphatic rings. The highest BCUT2D eigenvalue weighted by atomic mass is 16.4. The van der Waals surface area contributed by atoms with Crippen molar-refractivity contribution >= 4 is 11.9 Å². The van der Waals surface area contributed by atoms with Crippen LogP contribution in [0.2, 0.25) is 0 Å². The molecule has 3 N–H and O–H groups in total. The number of likely N-dealkylation sites (tertiary alicyclic amines) is 1. The Hall–Kier alpha value is -1.88. The number of aryl methyl sites for hydroxylation is 1. The van der Waals surface area contributed by atoms with Crippen molar-refractivity contribution in [1.29, 1.82) is 0 Å². The molecule has 5 heteroatoms. The number of carbonyl (C=O) groups is 2. The van der Waals surface area contributed by atoms with E-state index in [1.54, 1.807) is 0 Å². The first-order valence-corrected chi connectivity index (χ1v) is 6.31. The molecule has 102 valence electrons. The van der Waals surface area contributed by atoms with Crippen LogP contribution in [-0.4, -0.2) is 40.5 Å². The Balaban J connectivity index is 2.15. The highest BCUT2D eigenvalue weighted by Crippen LogP contribution is 2.17. The van der Waals surface area contributed by atoms with E-state index < -0.39 is 12.0 Å². The quantitative estimate of drug-likeness (QED) is 0.830. The Morgan fingerprint density at radius 1 is 1.47 bits per heavy atom. The minimum atomic E-state index is -0.983. The third kappa shape index (κ3) is 3.12. The molecule has 2 rings (SSSR count). The number of carboxylic acid groups (broad SMARTS) is 1. The van der Waals surface area contributed by atoms with Crippen molar-refractivity contribution < 1.29 is 14.7 Å². The van der Waals surface area contributed by atoms with Gasteiger partial charge in [-0.25, -0.2) is 4.79 Å². The molecule has 5 nitrogen and oxygen atoms in total. The van der Waals surface area contributed by atoms with Crippen molar-refractivity contribution in [2.24, 2.45) is 5.73 Å². The van der Waals surface area contributed by atoms with E-state index in [1.165, 1.54) is 4.90 Å². The summed E-state index contributed by atoms with van der Waals surface area (Å²) in [5.41, 5.74) is 7.74. The third-order valence-electron chi connectivity index (χ3n) is 3.40. The zero-order valence-electron chi connectivity index (χ0n) is 10.9. The first-order chi connectivity index (χ1) is 8.97. The van der Waals surface area contributed by atoms with Gasteiger partial charge in [0.2, 0.25) is 5.91 Å². The van der Waals surface area contributed by atoms with E-state index in [-0.39, 0.29) is 18.4 Å². The summed E-state index contributed by atoms with van der Waals surface area (Å²) in [7, 11) is 0. The molecule has 2 atom stereocenters. The molecule has 0 aromatic heterocycles. The van der Waals surface area contributed by atoms with Crippen LogP contribution in [0, 0.1) is 6.92 Å². The fourth-order valence-electron chi connectivity index (χ4n) is 2.34. The van der Waals surface area contributed by atoms with Crippen LogP contribution in [0.25, 0.3) is 0 Å². The molecule has 0 bridgehead atoms. The number of benzene rings is 1. The number of rotatable bonds is 4. The summed E-state index contributed by atoms with van der Waals surface area (Å²) in [6.07, 6.45) is 0.547. The number of aliphatic carboxylic acids is 1. The summed E-state index contributed by atoms with van der Waals surface area (Å²) in [5.74, 6) is -1.16. The lowest BCUT2D eigenvalue weighted by Gasteiger charge is -2.24. The molecule has 1 unspecified atom stereocenters. The summed E-state index contributed by atoms with van der Waals surface area (Å²) in [6, 6.07) is 6.57. The molecule has 0 aliphatic carbocycles. The van der Waals surface area contributed by atoms with Crippen LogP contribution in [0.15, 0.2) is 24.3 Å². The van der Waals surface area contributed by atoms with Gasteiger partial charge in [-0.1, -0.05) is 29.8 Å². The maximum absolute atomic E-state index is 11.8. The van der Waals surface area contributed by atoms with Crippen molar-refractivity contribution in [2.45, 2.75) is 31.8 Å². The summed E-state index contributed by atoms with van der Waals surface area (Å²) < 4.78 is 0. The van der Waals surface area contributed by atoms with Gasteiger partial charge in [-0.05, 0) is 12.5 Å².